The van der Waals surface area contributed by atoms with E-state index in [9.17, 15) is 13.2 Å². The van der Waals surface area contributed by atoms with E-state index in [2.05, 4.69) is 0 Å². The lowest BCUT2D eigenvalue weighted by molar-refractivity contribution is -0.120. The van der Waals surface area contributed by atoms with Crippen molar-refractivity contribution in [2.75, 3.05) is 32.4 Å². The summed E-state index contributed by atoms with van der Waals surface area (Å²) in [6.07, 6.45) is 2.54. The highest BCUT2D eigenvalue weighted by Crippen LogP contribution is 2.36. The minimum absolute atomic E-state index is 0.224. The molecule has 2 heterocycles. The van der Waals surface area contributed by atoms with Gasteiger partial charge in [-0.05, 0) is 13.0 Å². The first-order valence-corrected chi connectivity index (χ1v) is 10.3. The SMILES string of the molecule is Cc1ccc2c(c1)CN(S(C)(=O)=O)CC1(CCN(CC(N)=O)CC1)O2. The summed E-state index contributed by atoms with van der Waals surface area (Å²) in [5.41, 5.74) is 6.67. The van der Waals surface area contributed by atoms with Crippen LogP contribution < -0.4 is 10.5 Å². The number of rotatable bonds is 3. The molecule has 0 aliphatic carbocycles. The Bertz CT molecular complexity index is 770. The maximum absolute atomic E-state index is 12.3. The van der Waals surface area contributed by atoms with E-state index < -0.39 is 15.6 Å². The van der Waals surface area contributed by atoms with Crippen LogP contribution >= 0.6 is 0 Å². The van der Waals surface area contributed by atoms with E-state index >= 15 is 0 Å². The van der Waals surface area contributed by atoms with Crippen LogP contribution in [-0.2, 0) is 21.4 Å². The van der Waals surface area contributed by atoms with Crippen molar-refractivity contribution in [3.63, 3.8) is 0 Å². The van der Waals surface area contributed by atoms with Crippen molar-refractivity contribution in [1.82, 2.24) is 9.21 Å². The van der Waals surface area contributed by atoms with Crippen molar-refractivity contribution < 1.29 is 17.9 Å². The smallest absolute Gasteiger partial charge is 0.231 e. The summed E-state index contributed by atoms with van der Waals surface area (Å²) in [5.74, 6) is 0.399. The third-order valence-electron chi connectivity index (χ3n) is 4.97. The standard InChI is InChI=1S/C17H25N3O4S/c1-13-3-4-15-14(9-13)10-20(25(2,22)23)12-17(24-15)5-7-19(8-6-17)11-16(18)21/h3-4,9H,5-8,10-12H2,1-2H3,(H2,18,21). The van der Waals surface area contributed by atoms with Gasteiger partial charge in [-0.1, -0.05) is 17.7 Å². The van der Waals surface area contributed by atoms with Gasteiger partial charge in [0.05, 0.1) is 19.3 Å². The number of sulfonamides is 1. The van der Waals surface area contributed by atoms with E-state index in [-0.39, 0.29) is 12.5 Å². The molecule has 1 aromatic rings. The third kappa shape index (κ3) is 4.13. The second-order valence-corrected chi connectivity index (χ2v) is 9.15. The summed E-state index contributed by atoms with van der Waals surface area (Å²) in [4.78, 5) is 13.1. The molecule has 1 spiro atoms. The van der Waals surface area contributed by atoms with Gasteiger partial charge in [0.25, 0.3) is 0 Å². The molecular formula is C17H25N3O4S. The quantitative estimate of drug-likeness (QED) is 0.838. The van der Waals surface area contributed by atoms with Gasteiger partial charge in [-0.2, -0.15) is 4.31 Å². The van der Waals surface area contributed by atoms with E-state index in [0.29, 0.717) is 39.0 Å². The number of carbonyl (C=O) groups excluding carboxylic acids is 1. The van der Waals surface area contributed by atoms with Crippen LogP contribution in [0.2, 0.25) is 0 Å². The van der Waals surface area contributed by atoms with Crippen LogP contribution in [0.5, 0.6) is 5.75 Å². The number of piperidine rings is 1. The topological polar surface area (TPSA) is 92.9 Å². The van der Waals surface area contributed by atoms with Gasteiger partial charge < -0.3 is 10.5 Å². The molecule has 2 aliphatic rings. The summed E-state index contributed by atoms with van der Waals surface area (Å²) in [6, 6.07) is 5.88. The third-order valence-corrected chi connectivity index (χ3v) is 6.17. The van der Waals surface area contributed by atoms with Gasteiger partial charge in [-0.25, -0.2) is 8.42 Å². The number of aryl methyl sites for hydroxylation is 1. The average molecular weight is 367 g/mol. The van der Waals surface area contributed by atoms with Crippen molar-refractivity contribution in [3.05, 3.63) is 29.3 Å². The van der Waals surface area contributed by atoms with Crippen LogP contribution in [0.25, 0.3) is 0 Å². The van der Waals surface area contributed by atoms with Crippen LogP contribution in [0.15, 0.2) is 18.2 Å². The van der Waals surface area contributed by atoms with Gasteiger partial charge >= 0.3 is 0 Å². The molecule has 1 amide bonds. The zero-order valence-corrected chi connectivity index (χ0v) is 15.5. The molecule has 25 heavy (non-hydrogen) atoms. The molecule has 0 saturated carbocycles. The first-order chi connectivity index (χ1) is 11.7. The highest BCUT2D eigenvalue weighted by Gasteiger charge is 2.42. The molecular weight excluding hydrogens is 342 g/mol. The Morgan fingerprint density at radius 2 is 2.00 bits per heavy atom. The molecule has 7 nitrogen and oxygen atoms in total. The molecule has 1 fully saturated rings. The fraction of sp³-hybridized carbons (Fsp3) is 0.588. The Morgan fingerprint density at radius 3 is 2.60 bits per heavy atom. The predicted octanol–water partition coefficient (Wildman–Crippen LogP) is 0.469. The Kier molecular flexibility index (Phi) is 4.78. The van der Waals surface area contributed by atoms with Gasteiger partial charge in [0.15, 0.2) is 0 Å². The molecule has 0 atom stereocenters. The Balaban J connectivity index is 1.89. The number of likely N-dealkylation sites (tertiary alicyclic amines) is 1. The molecule has 1 saturated heterocycles. The minimum atomic E-state index is -3.35. The summed E-state index contributed by atoms with van der Waals surface area (Å²) >= 11 is 0. The lowest BCUT2D eigenvalue weighted by atomic mass is 9.91. The first-order valence-electron chi connectivity index (χ1n) is 8.41. The fourth-order valence-electron chi connectivity index (χ4n) is 3.60. The van der Waals surface area contributed by atoms with Gasteiger partial charge in [-0.3, -0.25) is 9.69 Å². The second-order valence-electron chi connectivity index (χ2n) is 7.17. The van der Waals surface area contributed by atoms with Gasteiger partial charge in [-0.15, -0.1) is 0 Å². The Morgan fingerprint density at radius 1 is 1.32 bits per heavy atom. The molecule has 0 aromatic heterocycles. The average Bonchev–Trinajstić information content (AvgIpc) is 2.66. The van der Waals surface area contributed by atoms with E-state index in [4.69, 9.17) is 10.5 Å². The summed E-state index contributed by atoms with van der Waals surface area (Å²) in [6.45, 7) is 4.16. The fourth-order valence-corrected chi connectivity index (χ4v) is 4.44. The second kappa shape index (κ2) is 6.59. The number of hydrogen-bond donors (Lipinski definition) is 1. The van der Waals surface area contributed by atoms with Crippen molar-refractivity contribution in [3.8, 4) is 5.75 Å². The zero-order valence-electron chi connectivity index (χ0n) is 14.7. The number of carbonyl (C=O) groups is 1. The van der Waals surface area contributed by atoms with Crippen molar-refractivity contribution in [2.45, 2.75) is 31.9 Å². The largest absolute Gasteiger partial charge is 0.485 e. The number of nitrogens with zero attached hydrogens (tertiary/aromatic N) is 2. The van der Waals surface area contributed by atoms with E-state index in [0.717, 1.165) is 16.9 Å². The number of hydrogen-bond acceptors (Lipinski definition) is 5. The van der Waals surface area contributed by atoms with E-state index in [1.54, 1.807) is 0 Å². The molecule has 2 aliphatic heterocycles. The zero-order chi connectivity index (χ0) is 18.2. The molecule has 0 radical (unpaired) electrons. The number of ether oxygens (including phenoxy) is 1. The highest BCUT2D eigenvalue weighted by molar-refractivity contribution is 7.88. The molecule has 2 N–H and O–H groups in total. The van der Waals surface area contributed by atoms with E-state index in [1.807, 2.05) is 30.0 Å². The molecule has 138 valence electrons. The number of fused-ring (bicyclic) bond motifs is 1. The van der Waals surface area contributed by atoms with Gasteiger partial charge in [0.1, 0.15) is 11.4 Å². The Labute approximate surface area is 148 Å². The summed E-state index contributed by atoms with van der Waals surface area (Å²) in [7, 11) is -3.35. The molecule has 0 unspecified atom stereocenters. The Hall–Kier alpha value is -1.64. The first kappa shape index (κ1) is 18.2. The molecule has 0 bridgehead atoms. The number of amides is 1. The van der Waals surface area contributed by atoms with Gasteiger partial charge in [0, 0.05) is 38.0 Å². The molecule has 3 rings (SSSR count). The van der Waals surface area contributed by atoms with Crippen LogP contribution in [0.4, 0.5) is 0 Å². The summed E-state index contributed by atoms with van der Waals surface area (Å²) in [5, 5.41) is 0. The highest BCUT2D eigenvalue weighted by atomic mass is 32.2. The number of primary amides is 1. The maximum Gasteiger partial charge on any atom is 0.231 e. The van der Waals surface area contributed by atoms with Crippen LogP contribution in [0.3, 0.4) is 0 Å². The van der Waals surface area contributed by atoms with Crippen molar-refractivity contribution in [1.29, 1.82) is 0 Å². The summed E-state index contributed by atoms with van der Waals surface area (Å²) < 4.78 is 32.4. The predicted molar refractivity (Wildman–Crippen MR) is 94.7 cm³/mol. The van der Waals surface area contributed by atoms with E-state index in [1.165, 1.54) is 10.6 Å². The lowest BCUT2D eigenvalue weighted by Gasteiger charge is -2.42. The number of benzene rings is 1. The molecule has 8 heteroatoms. The molecule has 1 aromatic carbocycles. The van der Waals surface area contributed by atoms with Crippen molar-refractivity contribution >= 4 is 15.9 Å². The van der Waals surface area contributed by atoms with Crippen LogP contribution in [0, 0.1) is 6.92 Å². The van der Waals surface area contributed by atoms with Crippen LogP contribution in [-0.4, -0.2) is 61.6 Å². The van der Waals surface area contributed by atoms with Crippen LogP contribution in [0.1, 0.15) is 24.0 Å². The lowest BCUT2D eigenvalue weighted by Crippen LogP contribution is -2.54. The monoisotopic (exact) mass is 367 g/mol. The minimum Gasteiger partial charge on any atom is -0.485 e. The number of nitrogens with two attached hydrogens (primary N) is 1. The maximum atomic E-state index is 12.3. The normalized spacial score (nSPS) is 21.4. The van der Waals surface area contributed by atoms with Gasteiger partial charge in [0.2, 0.25) is 15.9 Å². The van der Waals surface area contributed by atoms with Crippen molar-refractivity contribution in [2.24, 2.45) is 5.73 Å².